The summed E-state index contributed by atoms with van der Waals surface area (Å²) in [6.07, 6.45) is 5.57. The zero-order valence-corrected chi connectivity index (χ0v) is 13.3. The van der Waals surface area contributed by atoms with Gasteiger partial charge in [-0.25, -0.2) is 0 Å². The van der Waals surface area contributed by atoms with Crippen molar-refractivity contribution in [3.63, 3.8) is 0 Å². The molecule has 22 heavy (non-hydrogen) atoms. The summed E-state index contributed by atoms with van der Waals surface area (Å²) in [5.41, 5.74) is 0.965. The molecule has 5 heteroatoms. The highest BCUT2D eigenvalue weighted by atomic mass is 16.5. The van der Waals surface area contributed by atoms with Gasteiger partial charge in [-0.2, -0.15) is 0 Å². The summed E-state index contributed by atoms with van der Waals surface area (Å²) in [4.78, 5) is 17.9. The lowest BCUT2D eigenvalue weighted by molar-refractivity contribution is -0.204. The SMILES string of the molecule is CC(C)C(=O)N1CC2(C[C@@H](OCc3ccncc3)CCO2)C1. The van der Waals surface area contributed by atoms with E-state index in [0.29, 0.717) is 26.3 Å². The highest BCUT2D eigenvalue weighted by Crippen LogP contribution is 2.36. The Morgan fingerprint density at radius 3 is 2.86 bits per heavy atom. The maximum absolute atomic E-state index is 12.0. The fourth-order valence-corrected chi connectivity index (χ4v) is 3.21. The Morgan fingerprint density at radius 1 is 1.45 bits per heavy atom. The number of hydrogen-bond acceptors (Lipinski definition) is 4. The number of aromatic nitrogens is 1. The molecule has 1 amide bonds. The van der Waals surface area contributed by atoms with Gasteiger partial charge in [0.1, 0.15) is 5.60 Å². The summed E-state index contributed by atoms with van der Waals surface area (Å²) < 4.78 is 12.0. The number of pyridine rings is 1. The molecule has 3 rings (SSSR count). The van der Waals surface area contributed by atoms with Crippen LogP contribution in [0.4, 0.5) is 0 Å². The zero-order chi connectivity index (χ0) is 15.6. The molecule has 0 aromatic carbocycles. The van der Waals surface area contributed by atoms with Gasteiger partial charge in [0.2, 0.25) is 5.91 Å². The number of hydrogen-bond donors (Lipinski definition) is 0. The molecule has 0 unspecified atom stereocenters. The summed E-state index contributed by atoms with van der Waals surface area (Å²) in [7, 11) is 0. The normalized spacial score (nSPS) is 23.6. The molecule has 1 aromatic heterocycles. The van der Waals surface area contributed by atoms with Gasteiger partial charge in [0.15, 0.2) is 0 Å². The Labute approximate surface area is 131 Å². The lowest BCUT2D eigenvalue weighted by Gasteiger charge is -2.53. The molecule has 2 fully saturated rings. The third kappa shape index (κ3) is 3.31. The summed E-state index contributed by atoms with van der Waals surface area (Å²) in [6.45, 7) is 6.62. The van der Waals surface area contributed by atoms with Gasteiger partial charge < -0.3 is 14.4 Å². The molecular weight excluding hydrogens is 280 g/mol. The lowest BCUT2D eigenvalue weighted by atomic mass is 9.84. The molecular formula is C17H24N2O3. The highest BCUT2D eigenvalue weighted by Gasteiger charge is 2.49. The maximum atomic E-state index is 12.0. The number of amides is 1. The Hall–Kier alpha value is -1.46. The molecule has 0 N–H and O–H groups in total. The second-order valence-electron chi connectivity index (χ2n) is 6.66. The standard InChI is InChI=1S/C17H24N2O3/c1-13(2)16(20)19-11-17(12-19)9-15(5-8-22-17)21-10-14-3-6-18-7-4-14/h3-4,6-7,13,15H,5,8-12H2,1-2H3/t15-/m0/s1. The fourth-order valence-electron chi connectivity index (χ4n) is 3.21. The second kappa shape index (κ2) is 6.34. The van der Waals surface area contributed by atoms with Gasteiger partial charge in [-0.05, 0) is 24.1 Å². The van der Waals surface area contributed by atoms with Gasteiger partial charge in [0.25, 0.3) is 0 Å². The highest BCUT2D eigenvalue weighted by molar-refractivity contribution is 5.79. The monoisotopic (exact) mass is 304 g/mol. The Balaban J connectivity index is 1.49. The first-order valence-corrected chi connectivity index (χ1v) is 8.01. The van der Waals surface area contributed by atoms with Crippen molar-refractivity contribution in [1.29, 1.82) is 0 Å². The van der Waals surface area contributed by atoms with E-state index in [0.717, 1.165) is 18.4 Å². The molecule has 2 aliphatic rings. The van der Waals surface area contributed by atoms with Crippen LogP contribution in [-0.4, -0.2) is 47.2 Å². The van der Waals surface area contributed by atoms with Crippen molar-refractivity contribution in [1.82, 2.24) is 9.88 Å². The average Bonchev–Trinajstić information content (AvgIpc) is 2.51. The number of ether oxygens (including phenoxy) is 2. The van der Waals surface area contributed by atoms with Crippen LogP contribution in [-0.2, 0) is 20.9 Å². The van der Waals surface area contributed by atoms with Crippen molar-refractivity contribution in [2.45, 2.75) is 45.0 Å². The Kier molecular flexibility index (Phi) is 4.45. The second-order valence-corrected chi connectivity index (χ2v) is 6.66. The first kappa shape index (κ1) is 15.4. The van der Waals surface area contributed by atoms with Gasteiger partial charge >= 0.3 is 0 Å². The van der Waals surface area contributed by atoms with Crippen molar-refractivity contribution in [3.8, 4) is 0 Å². The number of likely N-dealkylation sites (tertiary alicyclic amines) is 1. The number of nitrogens with zero attached hydrogens (tertiary/aromatic N) is 2. The predicted octanol–water partition coefficient (Wildman–Crippen LogP) is 2.01. The van der Waals surface area contributed by atoms with Gasteiger partial charge in [0.05, 0.1) is 25.8 Å². The van der Waals surface area contributed by atoms with Crippen LogP contribution in [0.5, 0.6) is 0 Å². The van der Waals surface area contributed by atoms with Crippen LogP contribution >= 0.6 is 0 Å². The topological polar surface area (TPSA) is 51.7 Å². The third-order valence-electron chi connectivity index (χ3n) is 4.45. The van der Waals surface area contributed by atoms with Crippen LogP contribution in [0.25, 0.3) is 0 Å². The molecule has 5 nitrogen and oxygen atoms in total. The van der Waals surface area contributed by atoms with E-state index in [1.165, 1.54) is 0 Å². The van der Waals surface area contributed by atoms with Crippen molar-refractivity contribution in [3.05, 3.63) is 30.1 Å². The minimum absolute atomic E-state index is 0.0553. The van der Waals surface area contributed by atoms with E-state index in [9.17, 15) is 4.79 Å². The van der Waals surface area contributed by atoms with Crippen molar-refractivity contribution in [2.24, 2.45) is 5.92 Å². The number of rotatable bonds is 4. The molecule has 1 atom stereocenters. The fraction of sp³-hybridized carbons (Fsp3) is 0.647. The molecule has 0 bridgehead atoms. The minimum atomic E-state index is -0.175. The Morgan fingerprint density at radius 2 is 2.18 bits per heavy atom. The van der Waals surface area contributed by atoms with Gasteiger partial charge in [-0.1, -0.05) is 13.8 Å². The van der Waals surface area contributed by atoms with E-state index >= 15 is 0 Å². The molecule has 2 aliphatic heterocycles. The molecule has 0 aliphatic carbocycles. The van der Waals surface area contributed by atoms with E-state index in [1.54, 1.807) is 12.4 Å². The number of carbonyl (C=O) groups excluding carboxylic acids is 1. The maximum Gasteiger partial charge on any atom is 0.225 e. The molecule has 0 saturated carbocycles. The summed E-state index contributed by atoms with van der Waals surface area (Å²) in [6, 6.07) is 3.95. The van der Waals surface area contributed by atoms with Gasteiger partial charge in [-0.3, -0.25) is 9.78 Å². The minimum Gasteiger partial charge on any atom is -0.373 e. The summed E-state index contributed by atoms with van der Waals surface area (Å²) in [5, 5.41) is 0. The van der Waals surface area contributed by atoms with E-state index < -0.39 is 0 Å². The summed E-state index contributed by atoms with van der Waals surface area (Å²) in [5.74, 6) is 0.272. The quantitative estimate of drug-likeness (QED) is 0.854. The number of carbonyl (C=O) groups is 1. The van der Waals surface area contributed by atoms with Crippen molar-refractivity contribution >= 4 is 5.91 Å². The molecule has 0 radical (unpaired) electrons. The lowest BCUT2D eigenvalue weighted by Crippen LogP contribution is -2.67. The largest absolute Gasteiger partial charge is 0.373 e. The zero-order valence-electron chi connectivity index (χ0n) is 13.3. The van der Waals surface area contributed by atoms with Gasteiger partial charge in [0, 0.05) is 31.3 Å². The molecule has 2 saturated heterocycles. The van der Waals surface area contributed by atoms with E-state index in [-0.39, 0.29) is 23.5 Å². The van der Waals surface area contributed by atoms with Gasteiger partial charge in [-0.15, -0.1) is 0 Å². The van der Waals surface area contributed by atoms with Crippen LogP contribution in [0.15, 0.2) is 24.5 Å². The van der Waals surface area contributed by atoms with E-state index in [2.05, 4.69) is 4.98 Å². The molecule has 1 aromatic rings. The van der Waals surface area contributed by atoms with E-state index in [4.69, 9.17) is 9.47 Å². The third-order valence-corrected chi connectivity index (χ3v) is 4.45. The molecule has 3 heterocycles. The van der Waals surface area contributed by atoms with Crippen LogP contribution in [0.1, 0.15) is 32.3 Å². The Bertz CT molecular complexity index is 512. The molecule has 1 spiro atoms. The van der Waals surface area contributed by atoms with Crippen molar-refractivity contribution in [2.75, 3.05) is 19.7 Å². The van der Waals surface area contributed by atoms with Crippen LogP contribution in [0.3, 0.4) is 0 Å². The summed E-state index contributed by atoms with van der Waals surface area (Å²) >= 11 is 0. The van der Waals surface area contributed by atoms with Crippen LogP contribution in [0.2, 0.25) is 0 Å². The van der Waals surface area contributed by atoms with Crippen LogP contribution in [0, 0.1) is 5.92 Å². The average molecular weight is 304 g/mol. The van der Waals surface area contributed by atoms with E-state index in [1.807, 2.05) is 30.9 Å². The smallest absolute Gasteiger partial charge is 0.225 e. The molecule has 120 valence electrons. The van der Waals surface area contributed by atoms with Crippen molar-refractivity contribution < 1.29 is 14.3 Å². The predicted molar refractivity (Wildman–Crippen MR) is 82.1 cm³/mol. The van der Waals surface area contributed by atoms with Crippen LogP contribution < -0.4 is 0 Å². The first-order valence-electron chi connectivity index (χ1n) is 8.01. The first-order chi connectivity index (χ1) is 10.6.